The zero-order valence-corrected chi connectivity index (χ0v) is 11.3. The van der Waals surface area contributed by atoms with Crippen LogP contribution in [0.15, 0.2) is 0 Å². The third-order valence-corrected chi connectivity index (χ3v) is 3.38. The van der Waals surface area contributed by atoms with Crippen molar-refractivity contribution in [2.45, 2.75) is 32.7 Å². The first-order valence-electron chi connectivity index (χ1n) is 5.16. The summed E-state index contributed by atoms with van der Waals surface area (Å²) in [5.74, 6) is 1.14. The first kappa shape index (κ1) is 14.0. The molecule has 0 saturated heterocycles. The predicted molar refractivity (Wildman–Crippen MR) is 71.1 cm³/mol. The lowest BCUT2D eigenvalue weighted by atomic mass is 10.2. The highest BCUT2D eigenvalue weighted by Crippen LogP contribution is 2.08. The Labute approximate surface area is 97.8 Å². The Morgan fingerprint density at radius 2 is 2.14 bits per heavy atom. The summed E-state index contributed by atoms with van der Waals surface area (Å²) in [6.45, 7) is 5.33. The van der Waals surface area contributed by atoms with Gasteiger partial charge in [-0.2, -0.15) is 11.8 Å². The van der Waals surface area contributed by atoms with E-state index in [1.165, 1.54) is 0 Å². The minimum atomic E-state index is 0.557. The van der Waals surface area contributed by atoms with Gasteiger partial charge in [0.1, 0.15) is 0 Å². The number of thiocarbonyl (C=S) groups is 1. The molecular weight excluding hydrogens is 212 g/mol. The Morgan fingerprint density at radius 1 is 1.50 bits per heavy atom. The summed E-state index contributed by atoms with van der Waals surface area (Å²) in [7, 11) is 2.08. The van der Waals surface area contributed by atoms with Gasteiger partial charge >= 0.3 is 0 Å². The van der Waals surface area contributed by atoms with E-state index in [9.17, 15) is 0 Å². The van der Waals surface area contributed by atoms with Gasteiger partial charge in [0.25, 0.3) is 0 Å². The Balaban J connectivity index is 3.98. The zero-order valence-electron chi connectivity index (χ0n) is 9.67. The van der Waals surface area contributed by atoms with Crippen LogP contribution in [0.5, 0.6) is 0 Å². The fourth-order valence-electron chi connectivity index (χ4n) is 1.22. The van der Waals surface area contributed by atoms with Gasteiger partial charge in [-0.3, -0.25) is 0 Å². The van der Waals surface area contributed by atoms with E-state index in [0.29, 0.717) is 6.04 Å². The molecule has 1 unspecified atom stereocenters. The number of nitrogens with one attached hydrogen (secondary N) is 1. The van der Waals surface area contributed by atoms with Crippen LogP contribution in [0.2, 0.25) is 0 Å². The van der Waals surface area contributed by atoms with Crippen molar-refractivity contribution in [3.63, 3.8) is 0 Å². The summed E-state index contributed by atoms with van der Waals surface area (Å²) in [6, 6.07) is 0.557. The summed E-state index contributed by atoms with van der Waals surface area (Å²) in [5, 5.41) is 4.14. The normalized spacial score (nSPS) is 12.3. The first-order valence-corrected chi connectivity index (χ1v) is 6.97. The topological polar surface area (TPSA) is 15.3 Å². The molecule has 0 radical (unpaired) electrons. The van der Waals surface area contributed by atoms with E-state index in [1.807, 2.05) is 11.8 Å². The van der Waals surface area contributed by atoms with Crippen molar-refractivity contribution in [2.75, 3.05) is 25.6 Å². The van der Waals surface area contributed by atoms with E-state index < -0.39 is 0 Å². The average Bonchev–Trinajstić information content (AvgIpc) is 2.21. The molecule has 2 nitrogen and oxygen atoms in total. The standard InChI is InChI=1S/C10H22N2S2/c1-5-7-11-10(13)12(3)9(6-2)8-14-4/h9H,5-8H2,1-4H3,(H,11,13). The second-order valence-corrected chi connectivity index (χ2v) is 4.66. The minimum absolute atomic E-state index is 0.557. The molecule has 0 fully saturated rings. The molecule has 84 valence electrons. The van der Waals surface area contributed by atoms with Crippen molar-refractivity contribution in [2.24, 2.45) is 0 Å². The second kappa shape index (κ2) is 8.36. The maximum Gasteiger partial charge on any atom is 0.168 e. The van der Waals surface area contributed by atoms with Gasteiger partial charge < -0.3 is 10.2 Å². The van der Waals surface area contributed by atoms with Gasteiger partial charge in [-0.05, 0) is 31.3 Å². The molecule has 0 spiro atoms. The molecule has 0 saturated carbocycles. The van der Waals surface area contributed by atoms with Gasteiger partial charge in [0.15, 0.2) is 5.11 Å². The van der Waals surface area contributed by atoms with Crippen LogP contribution in [0.3, 0.4) is 0 Å². The average molecular weight is 234 g/mol. The van der Waals surface area contributed by atoms with E-state index in [0.717, 1.165) is 30.3 Å². The van der Waals surface area contributed by atoms with Crippen LogP contribution in [-0.2, 0) is 0 Å². The molecule has 0 rings (SSSR count). The summed E-state index contributed by atoms with van der Waals surface area (Å²) in [5.41, 5.74) is 0. The Hall–Kier alpha value is 0.0400. The number of rotatable bonds is 6. The van der Waals surface area contributed by atoms with Gasteiger partial charge in [0, 0.05) is 25.4 Å². The van der Waals surface area contributed by atoms with Crippen molar-refractivity contribution < 1.29 is 0 Å². The van der Waals surface area contributed by atoms with Crippen molar-refractivity contribution in [3.8, 4) is 0 Å². The van der Waals surface area contributed by atoms with E-state index in [-0.39, 0.29) is 0 Å². The van der Waals surface area contributed by atoms with Gasteiger partial charge in [0.05, 0.1) is 0 Å². The lowest BCUT2D eigenvalue weighted by Crippen LogP contribution is -2.44. The van der Waals surface area contributed by atoms with E-state index in [1.54, 1.807) is 0 Å². The summed E-state index contributed by atoms with van der Waals surface area (Å²) in [6.07, 6.45) is 4.40. The fraction of sp³-hybridized carbons (Fsp3) is 0.900. The first-order chi connectivity index (χ1) is 6.67. The Bertz CT molecular complexity index is 162. The SMILES string of the molecule is CCCNC(=S)N(C)C(CC)CSC. The maximum absolute atomic E-state index is 5.30. The zero-order chi connectivity index (χ0) is 11.0. The number of hydrogen-bond acceptors (Lipinski definition) is 2. The largest absolute Gasteiger partial charge is 0.363 e. The van der Waals surface area contributed by atoms with Crippen molar-refractivity contribution in [3.05, 3.63) is 0 Å². The molecule has 1 atom stereocenters. The molecule has 0 bridgehead atoms. The van der Waals surface area contributed by atoms with Gasteiger partial charge in [0.2, 0.25) is 0 Å². The maximum atomic E-state index is 5.30. The molecule has 1 N–H and O–H groups in total. The van der Waals surface area contributed by atoms with E-state index in [4.69, 9.17) is 12.2 Å². The molecule has 0 aliphatic carbocycles. The van der Waals surface area contributed by atoms with Gasteiger partial charge in [-0.1, -0.05) is 13.8 Å². The summed E-state index contributed by atoms with van der Waals surface area (Å²) >= 11 is 7.18. The third kappa shape index (κ3) is 5.05. The number of thioether (sulfide) groups is 1. The molecule has 14 heavy (non-hydrogen) atoms. The van der Waals surface area contributed by atoms with E-state index >= 15 is 0 Å². The highest BCUT2D eigenvalue weighted by molar-refractivity contribution is 7.98. The van der Waals surface area contributed by atoms with Crippen LogP contribution < -0.4 is 5.32 Å². The van der Waals surface area contributed by atoms with E-state index in [2.05, 4.69) is 37.4 Å². The Kier molecular flexibility index (Phi) is 8.38. The van der Waals surface area contributed by atoms with Crippen LogP contribution in [0.1, 0.15) is 26.7 Å². The lowest BCUT2D eigenvalue weighted by molar-refractivity contribution is 0.381. The van der Waals surface area contributed by atoms with Crippen LogP contribution in [0.4, 0.5) is 0 Å². The van der Waals surface area contributed by atoms with Crippen molar-refractivity contribution in [1.82, 2.24) is 10.2 Å². The molecular formula is C10H22N2S2. The van der Waals surface area contributed by atoms with Crippen molar-refractivity contribution in [1.29, 1.82) is 0 Å². The molecule has 0 aliphatic heterocycles. The highest BCUT2D eigenvalue weighted by Gasteiger charge is 2.13. The van der Waals surface area contributed by atoms with Gasteiger partial charge in [-0.15, -0.1) is 0 Å². The minimum Gasteiger partial charge on any atom is -0.363 e. The molecule has 0 aromatic heterocycles. The molecule has 0 aromatic rings. The smallest absolute Gasteiger partial charge is 0.168 e. The highest BCUT2D eigenvalue weighted by atomic mass is 32.2. The summed E-state index contributed by atoms with van der Waals surface area (Å²) < 4.78 is 0. The monoisotopic (exact) mass is 234 g/mol. The Morgan fingerprint density at radius 3 is 2.57 bits per heavy atom. The fourth-order valence-corrected chi connectivity index (χ4v) is 2.31. The third-order valence-electron chi connectivity index (χ3n) is 2.22. The van der Waals surface area contributed by atoms with Crippen LogP contribution in [0, 0.1) is 0 Å². The second-order valence-electron chi connectivity index (χ2n) is 3.36. The molecule has 0 amide bonds. The van der Waals surface area contributed by atoms with Crippen molar-refractivity contribution >= 4 is 29.1 Å². The number of hydrogen-bond donors (Lipinski definition) is 1. The number of nitrogens with zero attached hydrogens (tertiary/aromatic N) is 1. The lowest BCUT2D eigenvalue weighted by Gasteiger charge is -2.29. The predicted octanol–water partition coefficient (Wildman–Crippen LogP) is 2.34. The van der Waals surface area contributed by atoms with Gasteiger partial charge in [-0.25, -0.2) is 0 Å². The molecule has 0 aromatic carbocycles. The molecule has 0 aliphatic rings. The van der Waals surface area contributed by atoms with Crippen LogP contribution in [-0.4, -0.2) is 41.7 Å². The van der Waals surface area contributed by atoms with Crippen LogP contribution in [0.25, 0.3) is 0 Å². The summed E-state index contributed by atoms with van der Waals surface area (Å²) in [4.78, 5) is 2.18. The van der Waals surface area contributed by atoms with Crippen LogP contribution >= 0.6 is 24.0 Å². The molecule has 4 heteroatoms. The molecule has 0 heterocycles. The quantitative estimate of drug-likeness (QED) is 0.709.